The second kappa shape index (κ2) is 4.12. The highest BCUT2D eigenvalue weighted by atomic mass is 16.4. The molecule has 1 aromatic heterocycles. The molecule has 1 heterocycles. The smallest absolute Gasteiger partial charge is 0.338 e. The normalized spacial score (nSPS) is 14.6. The van der Waals surface area contributed by atoms with Crippen LogP contribution in [0.4, 0.5) is 5.69 Å². The number of carboxylic acid groups (broad SMARTS) is 1. The molecular weight excluding hydrogens is 204 g/mol. The van der Waals surface area contributed by atoms with E-state index in [0.29, 0.717) is 17.7 Å². The highest BCUT2D eigenvalue weighted by molar-refractivity contribution is 5.96. The van der Waals surface area contributed by atoms with Crippen LogP contribution < -0.4 is 5.73 Å². The van der Waals surface area contributed by atoms with Gasteiger partial charge in [0.15, 0.2) is 0 Å². The summed E-state index contributed by atoms with van der Waals surface area (Å²) in [6.07, 6.45) is 4.46. The van der Waals surface area contributed by atoms with Crippen molar-refractivity contribution in [1.29, 1.82) is 0 Å². The fraction of sp³-hybridized carbons (Fsp3) is 0.500. The van der Waals surface area contributed by atoms with Gasteiger partial charge in [0.2, 0.25) is 0 Å². The number of aromatic nitrogens is 1. The summed E-state index contributed by atoms with van der Waals surface area (Å²) in [5, 5.41) is 9.23. The van der Waals surface area contributed by atoms with Crippen LogP contribution in [0.5, 0.6) is 0 Å². The van der Waals surface area contributed by atoms with Crippen LogP contribution in [0.1, 0.15) is 47.1 Å². The minimum Gasteiger partial charge on any atom is -0.478 e. The Morgan fingerprint density at radius 2 is 2.12 bits per heavy atom. The van der Waals surface area contributed by atoms with Gasteiger partial charge in [-0.1, -0.05) is 6.92 Å². The maximum atomic E-state index is 11.3. The van der Waals surface area contributed by atoms with Crippen molar-refractivity contribution in [3.8, 4) is 0 Å². The number of hydrogen-bond acceptors (Lipinski definition) is 3. The summed E-state index contributed by atoms with van der Waals surface area (Å²) in [6, 6.07) is 0. The van der Waals surface area contributed by atoms with Gasteiger partial charge >= 0.3 is 5.97 Å². The van der Waals surface area contributed by atoms with Gasteiger partial charge in [0.25, 0.3) is 0 Å². The molecule has 1 aliphatic rings. The Labute approximate surface area is 94.5 Å². The first-order valence-electron chi connectivity index (χ1n) is 5.68. The summed E-state index contributed by atoms with van der Waals surface area (Å²) >= 11 is 0. The topological polar surface area (TPSA) is 76.2 Å². The number of aromatic carboxylic acids is 1. The van der Waals surface area contributed by atoms with Gasteiger partial charge in [0, 0.05) is 5.69 Å². The molecule has 0 radical (unpaired) electrons. The van der Waals surface area contributed by atoms with Crippen LogP contribution in [-0.2, 0) is 19.3 Å². The number of fused-ring (bicyclic) bond motifs is 1. The Bertz CT molecular complexity index is 441. The van der Waals surface area contributed by atoms with Crippen molar-refractivity contribution in [1.82, 2.24) is 4.98 Å². The maximum Gasteiger partial charge on any atom is 0.338 e. The fourth-order valence-electron chi connectivity index (χ4n) is 2.33. The van der Waals surface area contributed by atoms with Crippen LogP contribution in [0.2, 0.25) is 0 Å². The quantitative estimate of drug-likeness (QED) is 0.796. The molecule has 0 atom stereocenters. The average Bonchev–Trinajstić information content (AvgIpc) is 2.27. The molecule has 0 aliphatic heterocycles. The van der Waals surface area contributed by atoms with Crippen LogP contribution >= 0.6 is 0 Å². The zero-order chi connectivity index (χ0) is 11.7. The first kappa shape index (κ1) is 10.9. The van der Waals surface area contributed by atoms with Gasteiger partial charge in [-0.3, -0.25) is 4.98 Å². The van der Waals surface area contributed by atoms with Gasteiger partial charge in [0.1, 0.15) is 0 Å². The molecule has 0 saturated carbocycles. The number of nitrogen functional groups attached to an aromatic ring is 1. The second-order valence-corrected chi connectivity index (χ2v) is 4.14. The van der Waals surface area contributed by atoms with Crippen molar-refractivity contribution in [3.63, 3.8) is 0 Å². The van der Waals surface area contributed by atoms with E-state index >= 15 is 0 Å². The summed E-state index contributed by atoms with van der Waals surface area (Å²) in [6.45, 7) is 1.94. The third kappa shape index (κ3) is 1.64. The molecule has 0 spiro atoms. The molecule has 0 amide bonds. The molecule has 86 valence electrons. The average molecular weight is 220 g/mol. The van der Waals surface area contributed by atoms with Crippen LogP contribution in [0, 0.1) is 0 Å². The highest BCUT2D eigenvalue weighted by Gasteiger charge is 2.23. The minimum atomic E-state index is -0.923. The zero-order valence-electron chi connectivity index (χ0n) is 9.42. The minimum absolute atomic E-state index is 0.293. The largest absolute Gasteiger partial charge is 0.478 e. The van der Waals surface area contributed by atoms with Crippen molar-refractivity contribution in [2.75, 3.05) is 5.73 Å². The highest BCUT2D eigenvalue weighted by Crippen LogP contribution is 2.29. The second-order valence-electron chi connectivity index (χ2n) is 4.14. The molecule has 16 heavy (non-hydrogen) atoms. The first-order valence-corrected chi connectivity index (χ1v) is 5.68. The summed E-state index contributed by atoms with van der Waals surface area (Å²) in [4.78, 5) is 15.7. The monoisotopic (exact) mass is 220 g/mol. The predicted octanol–water partition coefficient (Wildman–Crippen LogP) is 1.80. The standard InChI is InChI=1S/C12H16N2O2/c1-2-8-11(13)10(12(15)16)7-5-3-4-6-9(7)14-8/h2-6,13H2,1H3,(H,15,16). The summed E-state index contributed by atoms with van der Waals surface area (Å²) < 4.78 is 0. The summed E-state index contributed by atoms with van der Waals surface area (Å²) in [5.74, 6) is -0.923. The van der Waals surface area contributed by atoms with E-state index in [1.165, 1.54) is 0 Å². The van der Waals surface area contributed by atoms with E-state index in [2.05, 4.69) is 4.98 Å². The molecule has 0 aromatic carbocycles. The molecule has 3 N–H and O–H groups in total. The lowest BCUT2D eigenvalue weighted by molar-refractivity contribution is 0.0696. The molecule has 0 saturated heterocycles. The van der Waals surface area contributed by atoms with Gasteiger partial charge in [0.05, 0.1) is 16.9 Å². The van der Waals surface area contributed by atoms with Crippen LogP contribution in [0.15, 0.2) is 0 Å². The Hall–Kier alpha value is -1.58. The van der Waals surface area contributed by atoms with Crippen molar-refractivity contribution < 1.29 is 9.90 Å². The van der Waals surface area contributed by atoms with E-state index in [1.54, 1.807) is 0 Å². The number of carboxylic acids is 1. The Morgan fingerprint density at radius 3 is 2.75 bits per heavy atom. The molecule has 2 rings (SSSR count). The third-order valence-electron chi connectivity index (χ3n) is 3.14. The number of rotatable bonds is 2. The van der Waals surface area contributed by atoms with Crippen molar-refractivity contribution in [2.24, 2.45) is 0 Å². The van der Waals surface area contributed by atoms with Gasteiger partial charge < -0.3 is 10.8 Å². The van der Waals surface area contributed by atoms with Crippen LogP contribution in [0.25, 0.3) is 0 Å². The van der Waals surface area contributed by atoms with E-state index in [9.17, 15) is 9.90 Å². The van der Waals surface area contributed by atoms with E-state index < -0.39 is 5.97 Å². The van der Waals surface area contributed by atoms with Crippen LogP contribution in [-0.4, -0.2) is 16.1 Å². The Morgan fingerprint density at radius 1 is 1.44 bits per heavy atom. The lowest BCUT2D eigenvalue weighted by atomic mass is 9.90. The lowest BCUT2D eigenvalue weighted by Gasteiger charge is -2.20. The summed E-state index contributed by atoms with van der Waals surface area (Å²) in [7, 11) is 0. The number of hydrogen-bond donors (Lipinski definition) is 2. The van der Waals surface area contributed by atoms with E-state index in [0.717, 1.165) is 42.6 Å². The zero-order valence-corrected chi connectivity index (χ0v) is 9.42. The van der Waals surface area contributed by atoms with E-state index in [4.69, 9.17) is 5.73 Å². The van der Waals surface area contributed by atoms with Gasteiger partial charge in [-0.05, 0) is 37.7 Å². The SMILES string of the molecule is CCc1nc2c(c(C(=O)O)c1N)CCCC2. The van der Waals surface area contributed by atoms with Crippen molar-refractivity contribution in [2.45, 2.75) is 39.0 Å². The Kier molecular flexibility index (Phi) is 2.81. The number of nitrogens with two attached hydrogens (primary N) is 1. The molecule has 0 unspecified atom stereocenters. The first-order chi connectivity index (χ1) is 7.65. The number of anilines is 1. The van der Waals surface area contributed by atoms with Crippen molar-refractivity contribution in [3.05, 3.63) is 22.5 Å². The summed E-state index contributed by atoms with van der Waals surface area (Å²) in [5.41, 5.74) is 9.04. The van der Waals surface area contributed by atoms with Gasteiger partial charge in [-0.15, -0.1) is 0 Å². The molecule has 4 nitrogen and oxygen atoms in total. The molecular formula is C12H16N2O2. The molecule has 1 aromatic rings. The van der Waals surface area contributed by atoms with Gasteiger partial charge in [-0.2, -0.15) is 0 Å². The fourth-order valence-corrected chi connectivity index (χ4v) is 2.33. The lowest BCUT2D eigenvalue weighted by Crippen LogP contribution is -2.17. The molecule has 0 fully saturated rings. The third-order valence-corrected chi connectivity index (χ3v) is 3.14. The molecule has 4 heteroatoms. The predicted molar refractivity (Wildman–Crippen MR) is 61.6 cm³/mol. The number of carbonyl (C=O) groups is 1. The van der Waals surface area contributed by atoms with E-state index in [-0.39, 0.29) is 0 Å². The van der Waals surface area contributed by atoms with Crippen molar-refractivity contribution >= 4 is 11.7 Å². The van der Waals surface area contributed by atoms with E-state index in [1.807, 2.05) is 6.92 Å². The molecule has 0 bridgehead atoms. The molecule has 1 aliphatic carbocycles. The number of aryl methyl sites for hydroxylation is 2. The number of nitrogens with zero attached hydrogens (tertiary/aromatic N) is 1. The van der Waals surface area contributed by atoms with Crippen LogP contribution in [0.3, 0.4) is 0 Å². The maximum absolute atomic E-state index is 11.3. The van der Waals surface area contributed by atoms with Gasteiger partial charge in [-0.25, -0.2) is 4.79 Å². The number of pyridine rings is 1. The Balaban J connectivity index is 2.67.